The molecule has 0 aromatic heterocycles. The summed E-state index contributed by atoms with van der Waals surface area (Å²) in [6.45, 7) is 3.47. The minimum absolute atomic E-state index is 0.1000. The summed E-state index contributed by atoms with van der Waals surface area (Å²) in [4.78, 5) is 0. The van der Waals surface area contributed by atoms with Gasteiger partial charge in [-0.15, -0.1) is 0 Å². The molecule has 0 bridgehead atoms. The van der Waals surface area contributed by atoms with E-state index in [9.17, 15) is 0 Å². The van der Waals surface area contributed by atoms with E-state index in [0.29, 0.717) is 0 Å². The molecule has 0 saturated carbocycles. The lowest BCUT2D eigenvalue weighted by Gasteiger charge is -2.34. The van der Waals surface area contributed by atoms with Crippen LogP contribution in [-0.2, 0) is 11.2 Å². The second-order valence-electron chi connectivity index (χ2n) is 4.48. The van der Waals surface area contributed by atoms with Gasteiger partial charge in [0.05, 0.1) is 13.2 Å². The number of fused-ring (bicyclic) bond motifs is 1. The fourth-order valence-electron chi connectivity index (χ4n) is 2.31. The maximum absolute atomic E-state index is 5.94. The molecule has 17 heavy (non-hydrogen) atoms. The molecule has 1 saturated heterocycles. The molecule has 1 fully saturated rings. The third-order valence-electron chi connectivity index (χ3n) is 3.26. The fourth-order valence-corrected chi connectivity index (χ4v) is 2.31. The quantitative estimate of drug-likeness (QED) is 0.833. The number of benzene rings is 1. The minimum Gasteiger partial charge on any atom is -0.474 e. The van der Waals surface area contributed by atoms with Crippen molar-refractivity contribution in [3.63, 3.8) is 0 Å². The number of hydrogen-bond donors (Lipinski definition) is 1. The number of morpholine rings is 1. The van der Waals surface area contributed by atoms with Crippen molar-refractivity contribution in [1.29, 1.82) is 0 Å². The summed E-state index contributed by atoms with van der Waals surface area (Å²) in [7, 11) is 0. The van der Waals surface area contributed by atoms with E-state index in [1.54, 1.807) is 0 Å². The molecule has 4 nitrogen and oxygen atoms in total. The number of para-hydroxylation sites is 1. The van der Waals surface area contributed by atoms with E-state index in [1.165, 1.54) is 5.56 Å². The van der Waals surface area contributed by atoms with Crippen molar-refractivity contribution in [3.8, 4) is 5.75 Å². The van der Waals surface area contributed by atoms with Crippen molar-refractivity contribution in [3.05, 3.63) is 29.8 Å². The van der Waals surface area contributed by atoms with Gasteiger partial charge in [0, 0.05) is 19.5 Å². The van der Waals surface area contributed by atoms with E-state index < -0.39 is 0 Å². The van der Waals surface area contributed by atoms with Crippen LogP contribution < -0.4 is 10.2 Å². The lowest BCUT2D eigenvalue weighted by Crippen LogP contribution is -2.52. The number of nitrogens with one attached hydrogen (secondary N) is 1. The van der Waals surface area contributed by atoms with Crippen LogP contribution in [0.25, 0.3) is 0 Å². The highest BCUT2D eigenvalue weighted by molar-refractivity contribution is 5.34. The highest BCUT2D eigenvalue weighted by Crippen LogP contribution is 2.26. The van der Waals surface area contributed by atoms with Crippen molar-refractivity contribution in [2.24, 2.45) is 0 Å². The molecule has 4 heteroatoms. The Morgan fingerprint density at radius 1 is 1.18 bits per heavy atom. The van der Waals surface area contributed by atoms with Crippen molar-refractivity contribution >= 4 is 0 Å². The van der Waals surface area contributed by atoms with E-state index in [-0.39, 0.29) is 6.23 Å². The summed E-state index contributed by atoms with van der Waals surface area (Å²) in [5.41, 5.74) is 4.74. The topological polar surface area (TPSA) is 33.7 Å². The number of hydrazine groups is 1. The molecule has 0 spiro atoms. The highest BCUT2D eigenvalue weighted by atomic mass is 16.5. The van der Waals surface area contributed by atoms with Crippen molar-refractivity contribution in [2.75, 3.05) is 26.3 Å². The number of aryl methyl sites for hydroxylation is 1. The highest BCUT2D eigenvalue weighted by Gasteiger charge is 2.21. The molecule has 2 aliphatic heterocycles. The normalized spacial score (nSPS) is 25.1. The third-order valence-corrected chi connectivity index (χ3v) is 3.26. The molecule has 1 aromatic carbocycles. The Bertz CT molecular complexity index is 377. The molecule has 2 aliphatic rings. The smallest absolute Gasteiger partial charge is 0.162 e. The van der Waals surface area contributed by atoms with E-state index in [1.807, 2.05) is 12.1 Å². The first-order chi connectivity index (χ1) is 8.42. The van der Waals surface area contributed by atoms with Crippen LogP contribution in [-0.4, -0.2) is 37.5 Å². The molecule has 0 amide bonds. The van der Waals surface area contributed by atoms with E-state index >= 15 is 0 Å². The Morgan fingerprint density at radius 3 is 2.88 bits per heavy atom. The summed E-state index contributed by atoms with van der Waals surface area (Å²) in [6.07, 6.45) is 2.20. The second-order valence-corrected chi connectivity index (χ2v) is 4.48. The Balaban J connectivity index is 1.60. The van der Waals surface area contributed by atoms with Crippen LogP contribution in [0.3, 0.4) is 0 Å². The average molecular weight is 234 g/mol. The molecule has 1 N–H and O–H groups in total. The molecule has 92 valence electrons. The molecule has 1 unspecified atom stereocenters. The van der Waals surface area contributed by atoms with Gasteiger partial charge >= 0.3 is 0 Å². The summed E-state index contributed by atoms with van der Waals surface area (Å²) in [5, 5.41) is 2.20. The lowest BCUT2D eigenvalue weighted by molar-refractivity contribution is -0.0299. The van der Waals surface area contributed by atoms with Crippen LogP contribution in [0.1, 0.15) is 12.0 Å². The first-order valence-electron chi connectivity index (χ1n) is 6.25. The van der Waals surface area contributed by atoms with Crippen LogP contribution in [0.2, 0.25) is 0 Å². The zero-order valence-electron chi connectivity index (χ0n) is 9.89. The fraction of sp³-hybridized carbons (Fsp3) is 0.538. The molecule has 2 heterocycles. The number of nitrogens with zero attached hydrogens (tertiary/aromatic N) is 1. The van der Waals surface area contributed by atoms with Crippen LogP contribution in [0.5, 0.6) is 5.75 Å². The number of rotatable bonds is 2. The molecule has 0 aliphatic carbocycles. The van der Waals surface area contributed by atoms with Gasteiger partial charge in [0.1, 0.15) is 5.75 Å². The molecule has 3 rings (SSSR count). The zero-order valence-corrected chi connectivity index (χ0v) is 9.89. The second kappa shape index (κ2) is 5.04. The first-order valence-corrected chi connectivity index (χ1v) is 6.25. The zero-order chi connectivity index (χ0) is 11.5. The van der Waals surface area contributed by atoms with Crippen molar-refractivity contribution in [2.45, 2.75) is 19.1 Å². The van der Waals surface area contributed by atoms with E-state index in [0.717, 1.165) is 44.9 Å². The first kappa shape index (κ1) is 11.0. The van der Waals surface area contributed by atoms with E-state index in [2.05, 4.69) is 22.6 Å². The van der Waals surface area contributed by atoms with Crippen LogP contribution >= 0.6 is 0 Å². The standard InChI is InChI=1S/C13H18N2O2/c1-2-4-12-11(3-1)5-6-13(17-12)14-15-7-9-16-10-8-15/h1-4,13-14H,5-10H2. The van der Waals surface area contributed by atoms with Gasteiger partial charge in [-0.25, -0.2) is 10.4 Å². The summed E-state index contributed by atoms with van der Waals surface area (Å²) >= 11 is 0. The number of ether oxygens (including phenoxy) is 2. The monoisotopic (exact) mass is 234 g/mol. The Labute approximate surface area is 101 Å². The average Bonchev–Trinajstić information content (AvgIpc) is 2.40. The molecular weight excluding hydrogens is 216 g/mol. The van der Waals surface area contributed by atoms with Crippen molar-refractivity contribution < 1.29 is 9.47 Å². The Hall–Kier alpha value is -1.10. The summed E-state index contributed by atoms with van der Waals surface area (Å²) < 4.78 is 11.3. The van der Waals surface area contributed by atoms with Gasteiger partial charge in [-0.2, -0.15) is 0 Å². The summed E-state index contributed by atoms with van der Waals surface area (Å²) in [6, 6.07) is 8.27. The maximum atomic E-state index is 5.94. The van der Waals surface area contributed by atoms with Gasteiger partial charge in [-0.05, 0) is 18.1 Å². The van der Waals surface area contributed by atoms with Gasteiger partial charge in [0.25, 0.3) is 0 Å². The third kappa shape index (κ3) is 2.60. The SMILES string of the molecule is c1ccc2c(c1)CCC(NN1CCOCC1)O2. The maximum Gasteiger partial charge on any atom is 0.162 e. The van der Waals surface area contributed by atoms with Gasteiger partial charge in [0.2, 0.25) is 0 Å². The molecule has 0 radical (unpaired) electrons. The van der Waals surface area contributed by atoms with Gasteiger partial charge in [-0.1, -0.05) is 18.2 Å². The molecule has 1 atom stereocenters. The Kier molecular flexibility index (Phi) is 3.27. The largest absolute Gasteiger partial charge is 0.474 e. The minimum atomic E-state index is 0.1000. The van der Waals surface area contributed by atoms with Gasteiger partial charge < -0.3 is 9.47 Å². The van der Waals surface area contributed by atoms with Gasteiger partial charge in [-0.3, -0.25) is 0 Å². The predicted octanol–water partition coefficient (Wildman–Crippen LogP) is 1.17. The van der Waals surface area contributed by atoms with E-state index in [4.69, 9.17) is 9.47 Å². The predicted molar refractivity (Wildman–Crippen MR) is 64.7 cm³/mol. The van der Waals surface area contributed by atoms with Gasteiger partial charge in [0.15, 0.2) is 6.23 Å². The lowest BCUT2D eigenvalue weighted by atomic mass is 10.1. The Morgan fingerprint density at radius 2 is 2.00 bits per heavy atom. The number of hydrogen-bond acceptors (Lipinski definition) is 4. The van der Waals surface area contributed by atoms with Crippen LogP contribution in [0.4, 0.5) is 0 Å². The summed E-state index contributed by atoms with van der Waals surface area (Å²) in [5.74, 6) is 1.02. The van der Waals surface area contributed by atoms with Crippen molar-refractivity contribution in [1.82, 2.24) is 10.4 Å². The van der Waals surface area contributed by atoms with Crippen LogP contribution in [0, 0.1) is 0 Å². The molecule has 1 aromatic rings. The molecular formula is C13H18N2O2. The van der Waals surface area contributed by atoms with Crippen LogP contribution in [0.15, 0.2) is 24.3 Å².